The van der Waals surface area contributed by atoms with Crippen molar-refractivity contribution < 1.29 is 0 Å². The number of thiazole rings is 1. The Kier molecular flexibility index (Phi) is 3.93. The third-order valence-corrected chi connectivity index (χ3v) is 6.57. The molecule has 0 bridgehead atoms. The van der Waals surface area contributed by atoms with Gasteiger partial charge in [-0.05, 0) is 56.9 Å². The molecule has 1 fully saturated rings. The Labute approximate surface area is 127 Å². The highest BCUT2D eigenvalue weighted by Gasteiger charge is 2.39. The molecule has 0 aliphatic heterocycles. The first-order valence-corrected chi connectivity index (χ1v) is 9.10. The maximum absolute atomic E-state index is 5.05. The SMILES string of the molecule is CCNC1(c2nc3c(s2)CCC3)CCCC(C)(C)CC1. The summed E-state index contributed by atoms with van der Waals surface area (Å²) in [6, 6.07) is 0. The van der Waals surface area contributed by atoms with Crippen molar-refractivity contribution in [3.8, 4) is 0 Å². The maximum Gasteiger partial charge on any atom is 0.113 e. The first-order chi connectivity index (χ1) is 9.55. The van der Waals surface area contributed by atoms with Gasteiger partial charge < -0.3 is 5.32 Å². The summed E-state index contributed by atoms with van der Waals surface area (Å²) in [6.45, 7) is 8.14. The van der Waals surface area contributed by atoms with Crippen LogP contribution in [0.1, 0.15) is 74.9 Å². The second-order valence-electron chi connectivity index (χ2n) is 7.37. The summed E-state index contributed by atoms with van der Waals surface area (Å²) in [5.74, 6) is 0. The Morgan fingerprint density at radius 2 is 1.95 bits per heavy atom. The lowest BCUT2D eigenvalue weighted by Crippen LogP contribution is -2.42. The lowest BCUT2D eigenvalue weighted by Gasteiger charge is -2.32. The van der Waals surface area contributed by atoms with E-state index in [1.807, 2.05) is 11.3 Å². The van der Waals surface area contributed by atoms with E-state index in [2.05, 4.69) is 26.1 Å². The van der Waals surface area contributed by atoms with E-state index < -0.39 is 0 Å². The maximum atomic E-state index is 5.05. The summed E-state index contributed by atoms with van der Waals surface area (Å²) in [4.78, 5) is 6.62. The standard InChI is InChI=1S/C17H28N2S/c1-4-18-17(10-6-9-16(2,3)11-12-17)15-19-13-7-5-8-14(13)20-15/h18H,4-12H2,1-3H3. The molecule has 1 aromatic heterocycles. The minimum atomic E-state index is 0.164. The van der Waals surface area contributed by atoms with Gasteiger partial charge in [0.2, 0.25) is 0 Å². The predicted molar refractivity (Wildman–Crippen MR) is 86.4 cm³/mol. The Morgan fingerprint density at radius 3 is 2.70 bits per heavy atom. The monoisotopic (exact) mass is 292 g/mol. The van der Waals surface area contributed by atoms with E-state index in [1.54, 1.807) is 4.88 Å². The van der Waals surface area contributed by atoms with E-state index in [1.165, 1.54) is 62.1 Å². The number of aromatic nitrogens is 1. The molecule has 1 saturated carbocycles. The van der Waals surface area contributed by atoms with Crippen LogP contribution in [0.5, 0.6) is 0 Å². The van der Waals surface area contributed by atoms with Gasteiger partial charge in [-0.25, -0.2) is 4.98 Å². The van der Waals surface area contributed by atoms with Gasteiger partial charge in [-0.1, -0.05) is 27.2 Å². The minimum Gasteiger partial charge on any atom is -0.306 e. The van der Waals surface area contributed by atoms with Crippen molar-refractivity contribution in [1.29, 1.82) is 0 Å². The fourth-order valence-corrected chi connectivity index (χ4v) is 5.24. The molecule has 2 aliphatic carbocycles. The van der Waals surface area contributed by atoms with Crippen LogP contribution >= 0.6 is 11.3 Å². The molecule has 2 nitrogen and oxygen atoms in total. The zero-order valence-electron chi connectivity index (χ0n) is 13.2. The molecule has 1 N–H and O–H groups in total. The molecule has 0 radical (unpaired) electrons. The van der Waals surface area contributed by atoms with Crippen molar-refractivity contribution in [3.63, 3.8) is 0 Å². The third-order valence-electron chi connectivity index (χ3n) is 5.21. The number of fused-ring (bicyclic) bond motifs is 1. The Bertz CT molecular complexity index is 456. The fourth-order valence-electron chi connectivity index (χ4n) is 3.87. The van der Waals surface area contributed by atoms with Crippen LogP contribution < -0.4 is 5.32 Å². The number of aryl methyl sites for hydroxylation is 2. The first kappa shape index (κ1) is 14.5. The highest BCUT2D eigenvalue weighted by Crippen LogP contribution is 2.45. The van der Waals surface area contributed by atoms with Crippen molar-refractivity contribution >= 4 is 11.3 Å². The highest BCUT2D eigenvalue weighted by molar-refractivity contribution is 7.12. The number of hydrogen-bond acceptors (Lipinski definition) is 3. The normalized spacial score (nSPS) is 29.1. The van der Waals surface area contributed by atoms with Gasteiger partial charge in [-0.2, -0.15) is 0 Å². The van der Waals surface area contributed by atoms with E-state index in [0.717, 1.165) is 6.54 Å². The molecule has 3 heteroatoms. The van der Waals surface area contributed by atoms with Crippen molar-refractivity contribution in [2.24, 2.45) is 5.41 Å². The van der Waals surface area contributed by atoms with Crippen LogP contribution in [0, 0.1) is 5.41 Å². The van der Waals surface area contributed by atoms with Crippen LogP contribution in [-0.2, 0) is 18.4 Å². The molecule has 2 aliphatic rings. The van der Waals surface area contributed by atoms with E-state index >= 15 is 0 Å². The number of nitrogens with one attached hydrogen (secondary N) is 1. The molecule has 1 aromatic rings. The van der Waals surface area contributed by atoms with Crippen LogP contribution in [0.4, 0.5) is 0 Å². The van der Waals surface area contributed by atoms with Crippen molar-refractivity contribution in [2.75, 3.05) is 6.54 Å². The topological polar surface area (TPSA) is 24.9 Å². The lowest BCUT2D eigenvalue weighted by molar-refractivity contribution is 0.267. The summed E-state index contributed by atoms with van der Waals surface area (Å²) in [5, 5.41) is 5.22. The molecule has 20 heavy (non-hydrogen) atoms. The average molecular weight is 292 g/mol. The zero-order valence-corrected chi connectivity index (χ0v) is 14.0. The molecule has 1 unspecified atom stereocenters. The Morgan fingerprint density at radius 1 is 1.10 bits per heavy atom. The molecular weight excluding hydrogens is 264 g/mol. The molecule has 0 aromatic carbocycles. The Hall–Kier alpha value is -0.410. The van der Waals surface area contributed by atoms with Crippen LogP contribution in [0.15, 0.2) is 0 Å². The van der Waals surface area contributed by atoms with E-state index in [-0.39, 0.29) is 5.54 Å². The molecule has 0 spiro atoms. The molecular formula is C17H28N2S. The van der Waals surface area contributed by atoms with Crippen LogP contribution in [0.3, 0.4) is 0 Å². The fraction of sp³-hybridized carbons (Fsp3) is 0.824. The van der Waals surface area contributed by atoms with Gasteiger partial charge in [-0.3, -0.25) is 0 Å². The second kappa shape index (κ2) is 5.42. The molecule has 112 valence electrons. The zero-order chi connectivity index (χ0) is 14.2. The van der Waals surface area contributed by atoms with E-state index in [0.29, 0.717) is 5.41 Å². The lowest BCUT2D eigenvalue weighted by atomic mass is 9.83. The first-order valence-electron chi connectivity index (χ1n) is 8.29. The van der Waals surface area contributed by atoms with Crippen molar-refractivity contribution in [1.82, 2.24) is 10.3 Å². The summed E-state index contributed by atoms with van der Waals surface area (Å²) in [6.07, 6.45) is 10.3. The quantitative estimate of drug-likeness (QED) is 0.834. The summed E-state index contributed by atoms with van der Waals surface area (Å²) >= 11 is 2.00. The van der Waals surface area contributed by atoms with E-state index in [9.17, 15) is 0 Å². The van der Waals surface area contributed by atoms with Crippen molar-refractivity contribution in [2.45, 2.75) is 77.7 Å². The van der Waals surface area contributed by atoms with Crippen LogP contribution in [0.2, 0.25) is 0 Å². The Balaban J connectivity index is 1.90. The van der Waals surface area contributed by atoms with E-state index in [4.69, 9.17) is 4.98 Å². The minimum absolute atomic E-state index is 0.164. The number of nitrogens with zero attached hydrogens (tertiary/aromatic N) is 1. The largest absolute Gasteiger partial charge is 0.306 e. The number of rotatable bonds is 3. The van der Waals surface area contributed by atoms with Gasteiger partial charge in [0.15, 0.2) is 0 Å². The van der Waals surface area contributed by atoms with Crippen molar-refractivity contribution in [3.05, 3.63) is 15.6 Å². The average Bonchev–Trinajstić information content (AvgIpc) is 2.93. The summed E-state index contributed by atoms with van der Waals surface area (Å²) < 4.78 is 0. The molecule has 3 rings (SSSR count). The predicted octanol–water partition coefficient (Wildman–Crippen LogP) is 4.43. The summed E-state index contributed by atoms with van der Waals surface area (Å²) in [7, 11) is 0. The van der Waals surface area contributed by atoms with Gasteiger partial charge in [0.25, 0.3) is 0 Å². The van der Waals surface area contributed by atoms with Gasteiger partial charge in [0, 0.05) is 4.88 Å². The molecule has 1 heterocycles. The van der Waals surface area contributed by atoms with Gasteiger partial charge >= 0.3 is 0 Å². The van der Waals surface area contributed by atoms with Crippen LogP contribution in [0.25, 0.3) is 0 Å². The smallest absolute Gasteiger partial charge is 0.113 e. The highest BCUT2D eigenvalue weighted by atomic mass is 32.1. The number of hydrogen-bond donors (Lipinski definition) is 1. The molecule has 1 atom stereocenters. The summed E-state index contributed by atoms with van der Waals surface area (Å²) in [5.41, 5.74) is 2.07. The molecule has 0 saturated heterocycles. The van der Waals surface area contributed by atoms with Crippen LogP contribution in [-0.4, -0.2) is 11.5 Å². The van der Waals surface area contributed by atoms with Gasteiger partial charge in [0.1, 0.15) is 5.01 Å². The molecule has 0 amide bonds. The van der Waals surface area contributed by atoms with Gasteiger partial charge in [0.05, 0.1) is 11.2 Å². The second-order valence-corrected chi connectivity index (χ2v) is 8.46. The van der Waals surface area contributed by atoms with Gasteiger partial charge in [-0.15, -0.1) is 11.3 Å². The third kappa shape index (κ3) is 2.67.